The second-order valence-electron chi connectivity index (χ2n) is 4.34. The van der Waals surface area contributed by atoms with Crippen LogP contribution in [0.4, 0.5) is 0 Å². The van der Waals surface area contributed by atoms with Crippen molar-refractivity contribution in [3.8, 4) is 17.3 Å². The van der Waals surface area contributed by atoms with Crippen molar-refractivity contribution in [3.63, 3.8) is 0 Å². The number of benzene rings is 1. The molecule has 2 aromatic rings. The van der Waals surface area contributed by atoms with E-state index < -0.39 is 5.69 Å². The number of hydrogen-bond donors (Lipinski definition) is 4. The number of hydrazone groups is 1. The number of nitriles is 1. The van der Waals surface area contributed by atoms with E-state index in [9.17, 15) is 10.1 Å². The third kappa shape index (κ3) is 3.98. The average molecular weight is 384 g/mol. The van der Waals surface area contributed by atoms with Crippen molar-refractivity contribution < 1.29 is 0 Å². The smallest absolute Gasteiger partial charge is 0.322 e. The van der Waals surface area contributed by atoms with Gasteiger partial charge in [-0.1, -0.05) is 35.0 Å². The van der Waals surface area contributed by atoms with Gasteiger partial charge >= 0.3 is 5.69 Å². The summed E-state index contributed by atoms with van der Waals surface area (Å²) in [6.45, 7) is 0. The van der Waals surface area contributed by atoms with Crippen LogP contribution < -0.4 is 22.8 Å². The zero-order chi connectivity index (χ0) is 17.7. The molecule has 1 aromatic carbocycles. The number of thioether (sulfide) groups is 1. The van der Waals surface area contributed by atoms with Crippen molar-refractivity contribution in [2.45, 2.75) is 5.03 Å². The van der Waals surface area contributed by atoms with Gasteiger partial charge in [-0.15, -0.1) is 0 Å². The van der Waals surface area contributed by atoms with Crippen molar-refractivity contribution in [1.82, 2.24) is 15.4 Å². The Labute approximate surface area is 150 Å². The first kappa shape index (κ1) is 18.1. The van der Waals surface area contributed by atoms with E-state index in [-0.39, 0.29) is 27.9 Å². The number of halogens is 2. The Bertz CT molecular complexity index is 891. The Kier molecular flexibility index (Phi) is 6.05. The number of nitrogens with zero attached hydrogens (tertiary/aromatic N) is 3. The van der Waals surface area contributed by atoms with Crippen LogP contribution in [0.2, 0.25) is 10.0 Å². The summed E-state index contributed by atoms with van der Waals surface area (Å²) in [5, 5.41) is 13.9. The predicted octanol–water partition coefficient (Wildman–Crippen LogP) is 1.44. The van der Waals surface area contributed by atoms with Crippen molar-refractivity contribution in [2.75, 3.05) is 5.75 Å². The molecule has 0 saturated carbocycles. The number of amidine groups is 1. The summed E-state index contributed by atoms with van der Waals surface area (Å²) < 4.78 is 0. The minimum Gasteiger partial charge on any atom is -0.322 e. The molecule has 0 aliphatic carbocycles. The molecule has 2 rings (SSSR count). The molecular formula is C13H11Cl2N7OS. The van der Waals surface area contributed by atoms with Gasteiger partial charge in [0.1, 0.15) is 22.5 Å². The second-order valence-corrected chi connectivity index (χ2v) is 6.15. The molecule has 1 aromatic heterocycles. The standard InChI is InChI=1S/C13H11Cl2N7OS/c14-6-1-2-7(9(15)3-6)11-8(4-16)12(20-13(23)19-11)24-5-10(21-17)22-18/h1-3H,5,17-18H2,(H,21,22)(H,19,20,23). The van der Waals surface area contributed by atoms with Crippen LogP contribution in [0.3, 0.4) is 0 Å². The van der Waals surface area contributed by atoms with Gasteiger partial charge in [0, 0.05) is 10.6 Å². The number of rotatable bonds is 4. The minimum atomic E-state index is -0.621. The molecule has 0 atom stereocenters. The first-order chi connectivity index (χ1) is 11.5. The second kappa shape index (κ2) is 8.03. The number of aromatic nitrogens is 2. The van der Waals surface area contributed by atoms with E-state index in [4.69, 9.17) is 34.9 Å². The van der Waals surface area contributed by atoms with Crippen molar-refractivity contribution >= 4 is 40.8 Å². The summed E-state index contributed by atoms with van der Waals surface area (Å²) in [6, 6.07) is 6.75. The first-order valence-corrected chi connectivity index (χ1v) is 8.10. The lowest BCUT2D eigenvalue weighted by Crippen LogP contribution is -2.33. The van der Waals surface area contributed by atoms with Crippen LogP contribution in [0.1, 0.15) is 5.56 Å². The summed E-state index contributed by atoms with van der Waals surface area (Å²) in [5.74, 6) is 10.9. The van der Waals surface area contributed by atoms with Crippen LogP contribution in [0, 0.1) is 11.3 Å². The molecule has 0 saturated heterocycles. The zero-order valence-corrected chi connectivity index (χ0v) is 14.3. The Morgan fingerprint density at radius 3 is 2.83 bits per heavy atom. The van der Waals surface area contributed by atoms with Crippen LogP contribution >= 0.6 is 35.0 Å². The van der Waals surface area contributed by atoms with Gasteiger partial charge in [0.25, 0.3) is 0 Å². The summed E-state index contributed by atoms with van der Waals surface area (Å²) in [5.41, 5.74) is 2.57. The van der Waals surface area contributed by atoms with Gasteiger partial charge in [-0.25, -0.2) is 10.6 Å². The monoisotopic (exact) mass is 383 g/mol. The molecule has 0 amide bonds. The average Bonchev–Trinajstić information content (AvgIpc) is 2.55. The van der Waals surface area contributed by atoms with Crippen LogP contribution in [0.5, 0.6) is 0 Å². The van der Waals surface area contributed by atoms with Crippen LogP contribution in [0.25, 0.3) is 11.3 Å². The number of nitrogens with two attached hydrogens (primary N) is 2. The predicted molar refractivity (Wildman–Crippen MR) is 94.7 cm³/mol. The molecule has 1 heterocycles. The van der Waals surface area contributed by atoms with Gasteiger partial charge in [0.2, 0.25) is 0 Å². The third-order valence-corrected chi connectivity index (χ3v) is 4.41. The van der Waals surface area contributed by atoms with E-state index in [1.165, 1.54) is 6.07 Å². The molecular weight excluding hydrogens is 373 g/mol. The zero-order valence-electron chi connectivity index (χ0n) is 12.0. The van der Waals surface area contributed by atoms with Crippen LogP contribution in [-0.2, 0) is 0 Å². The number of hydrazine groups is 1. The summed E-state index contributed by atoms with van der Waals surface area (Å²) in [4.78, 5) is 18.2. The maximum Gasteiger partial charge on any atom is 0.346 e. The van der Waals surface area contributed by atoms with E-state index in [1.807, 2.05) is 6.07 Å². The largest absolute Gasteiger partial charge is 0.346 e. The van der Waals surface area contributed by atoms with Gasteiger partial charge in [-0.05, 0) is 18.2 Å². The molecule has 0 aliphatic rings. The maximum atomic E-state index is 11.9. The molecule has 0 aliphatic heterocycles. The maximum absolute atomic E-state index is 11.9. The highest BCUT2D eigenvalue weighted by molar-refractivity contribution is 8.00. The molecule has 0 radical (unpaired) electrons. The minimum absolute atomic E-state index is 0.164. The number of hydrogen-bond acceptors (Lipinski definition) is 7. The van der Waals surface area contributed by atoms with Gasteiger partial charge < -0.3 is 16.3 Å². The first-order valence-electron chi connectivity index (χ1n) is 6.36. The van der Waals surface area contributed by atoms with Crippen molar-refractivity contribution in [1.29, 1.82) is 5.26 Å². The Balaban J connectivity index is 2.54. The van der Waals surface area contributed by atoms with E-state index in [1.54, 1.807) is 12.1 Å². The lowest BCUT2D eigenvalue weighted by atomic mass is 10.1. The molecule has 24 heavy (non-hydrogen) atoms. The van der Waals surface area contributed by atoms with E-state index in [2.05, 4.69) is 20.5 Å². The van der Waals surface area contributed by atoms with Gasteiger partial charge in [-0.2, -0.15) is 15.3 Å². The molecule has 0 bridgehead atoms. The SMILES string of the molecule is N#Cc1c(SC/C(=N/N)NN)nc(=O)[nH]c1-c1ccc(Cl)cc1Cl. The number of aromatic amines is 1. The molecule has 0 fully saturated rings. The van der Waals surface area contributed by atoms with Gasteiger partial charge in [-0.3, -0.25) is 0 Å². The fraction of sp³-hybridized carbons (Fsp3) is 0.0769. The van der Waals surface area contributed by atoms with Crippen molar-refractivity contribution in [2.24, 2.45) is 16.8 Å². The number of H-pyrrole nitrogens is 1. The fourth-order valence-corrected chi connectivity index (χ4v) is 3.18. The van der Waals surface area contributed by atoms with Gasteiger partial charge in [0.15, 0.2) is 0 Å². The molecule has 11 heteroatoms. The Hall–Kier alpha value is -2.25. The highest BCUT2D eigenvalue weighted by atomic mass is 35.5. The summed E-state index contributed by atoms with van der Waals surface area (Å²) in [7, 11) is 0. The molecule has 6 N–H and O–H groups in total. The lowest BCUT2D eigenvalue weighted by molar-refractivity contribution is 0.969. The third-order valence-electron chi connectivity index (χ3n) is 2.88. The topological polar surface area (TPSA) is 146 Å². The number of nitrogens with one attached hydrogen (secondary N) is 2. The lowest BCUT2D eigenvalue weighted by Gasteiger charge is -2.10. The van der Waals surface area contributed by atoms with E-state index in [0.717, 1.165) is 11.8 Å². The highest BCUT2D eigenvalue weighted by Crippen LogP contribution is 2.33. The molecule has 124 valence electrons. The van der Waals surface area contributed by atoms with Crippen molar-refractivity contribution in [3.05, 3.63) is 44.3 Å². The normalized spacial score (nSPS) is 11.2. The molecule has 8 nitrogen and oxygen atoms in total. The van der Waals surface area contributed by atoms with Gasteiger partial charge in [0.05, 0.1) is 16.5 Å². The molecule has 0 spiro atoms. The molecule has 0 unspecified atom stereocenters. The summed E-state index contributed by atoms with van der Waals surface area (Å²) in [6.07, 6.45) is 0. The van der Waals surface area contributed by atoms with E-state index in [0.29, 0.717) is 15.6 Å². The highest BCUT2D eigenvalue weighted by Gasteiger charge is 2.17. The van der Waals surface area contributed by atoms with E-state index >= 15 is 0 Å². The fourth-order valence-electron chi connectivity index (χ4n) is 1.81. The van der Waals surface area contributed by atoms with Crippen LogP contribution in [-0.4, -0.2) is 21.6 Å². The van der Waals surface area contributed by atoms with Crippen LogP contribution in [0.15, 0.2) is 33.1 Å². The Morgan fingerprint density at radius 2 is 2.25 bits per heavy atom. The Morgan fingerprint density at radius 1 is 1.50 bits per heavy atom. The quantitative estimate of drug-likeness (QED) is 0.156. The summed E-state index contributed by atoms with van der Waals surface area (Å²) >= 11 is 13.1.